The molecule has 0 spiro atoms. The van der Waals surface area contributed by atoms with Gasteiger partial charge in [0.1, 0.15) is 0 Å². The fraction of sp³-hybridized carbons (Fsp3) is 0.500. The first-order chi connectivity index (χ1) is 8.68. The molecular weight excluding hydrogens is 224 g/mol. The van der Waals surface area contributed by atoms with Crippen LogP contribution in [0.5, 0.6) is 0 Å². The molecule has 0 saturated carbocycles. The third-order valence-corrected chi connectivity index (χ3v) is 4.09. The van der Waals surface area contributed by atoms with E-state index in [2.05, 4.69) is 34.7 Å². The van der Waals surface area contributed by atoms with Gasteiger partial charge in [-0.15, -0.1) is 0 Å². The van der Waals surface area contributed by atoms with Crippen molar-refractivity contribution in [3.05, 3.63) is 41.0 Å². The van der Waals surface area contributed by atoms with Crippen LogP contribution >= 0.6 is 0 Å². The maximum Gasteiger partial charge on any atom is 0.0588 e. The number of hydrogen-bond acceptors (Lipinski definition) is 2. The minimum atomic E-state index is 0.213. The molecule has 0 amide bonds. The van der Waals surface area contributed by atoms with E-state index in [1.54, 1.807) is 0 Å². The third kappa shape index (κ3) is 1.68. The molecular formula is C14H20N4. The number of nitrogens with zero attached hydrogens (tertiary/aromatic N) is 2. The summed E-state index contributed by atoms with van der Waals surface area (Å²) in [5, 5.41) is 6.94. The molecule has 4 nitrogen and oxygen atoms in total. The van der Waals surface area contributed by atoms with Crippen LogP contribution in [0.15, 0.2) is 18.5 Å². The van der Waals surface area contributed by atoms with Gasteiger partial charge in [-0.1, -0.05) is 0 Å². The molecule has 1 aliphatic rings. The maximum absolute atomic E-state index is 6.22. The summed E-state index contributed by atoms with van der Waals surface area (Å²) < 4.78 is 2.42. The van der Waals surface area contributed by atoms with E-state index in [4.69, 9.17) is 5.73 Å². The lowest BCUT2D eigenvalue weighted by Gasteiger charge is -2.24. The second-order valence-corrected chi connectivity index (χ2v) is 5.26. The Kier molecular flexibility index (Phi) is 2.74. The number of aryl methyl sites for hydroxylation is 1. The highest BCUT2D eigenvalue weighted by atomic mass is 15.1. The minimum absolute atomic E-state index is 0.213. The van der Waals surface area contributed by atoms with Crippen LogP contribution in [0, 0.1) is 6.92 Å². The van der Waals surface area contributed by atoms with Gasteiger partial charge in [0.25, 0.3) is 0 Å². The van der Waals surface area contributed by atoms with Crippen molar-refractivity contribution < 1.29 is 0 Å². The topological polar surface area (TPSA) is 59.6 Å². The number of nitrogens with two attached hydrogens (primary N) is 1. The zero-order valence-corrected chi connectivity index (χ0v) is 11.0. The van der Waals surface area contributed by atoms with Crippen molar-refractivity contribution in [2.75, 3.05) is 0 Å². The second kappa shape index (κ2) is 4.28. The molecule has 0 radical (unpaired) electrons. The van der Waals surface area contributed by atoms with Crippen LogP contribution in [0.25, 0.3) is 0 Å². The van der Waals surface area contributed by atoms with Crippen molar-refractivity contribution in [1.82, 2.24) is 14.8 Å². The van der Waals surface area contributed by atoms with Gasteiger partial charge in [-0.25, -0.2) is 0 Å². The molecule has 2 heterocycles. The SMILES string of the molecule is Cc1cc2c(n1C(C)c1cn[nH]c1)CCCC2N. The van der Waals surface area contributed by atoms with E-state index in [0.717, 1.165) is 12.8 Å². The van der Waals surface area contributed by atoms with E-state index < -0.39 is 0 Å². The van der Waals surface area contributed by atoms with Gasteiger partial charge in [0.05, 0.1) is 12.2 Å². The van der Waals surface area contributed by atoms with Crippen LogP contribution in [0.4, 0.5) is 0 Å². The van der Waals surface area contributed by atoms with E-state index in [1.165, 1.54) is 28.9 Å². The van der Waals surface area contributed by atoms with E-state index in [-0.39, 0.29) is 6.04 Å². The van der Waals surface area contributed by atoms with Crippen molar-refractivity contribution >= 4 is 0 Å². The van der Waals surface area contributed by atoms with Crippen molar-refractivity contribution in [2.24, 2.45) is 5.73 Å². The fourth-order valence-corrected chi connectivity index (χ4v) is 3.14. The van der Waals surface area contributed by atoms with Crippen molar-refractivity contribution in [3.63, 3.8) is 0 Å². The smallest absolute Gasteiger partial charge is 0.0588 e. The van der Waals surface area contributed by atoms with E-state index in [0.29, 0.717) is 6.04 Å². The first-order valence-electron chi connectivity index (χ1n) is 6.63. The summed E-state index contributed by atoms with van der Waals surface area (Å²) >= 11 is 0. The molecule has 2 atom stereocenters. The van der Waals surface area contributed by atoms with Crippen LogP contribution in [-0.2, 0) is 6.42 Å². The Labute approximate surface area is 107 Å². The largest absolute Gasteiger partial charge is 0.341 e. The Bertz CT molecular complexity index is 538. The summed E-state index contributed by atoms with van der Waals surface area (Å²) in [5.41, 5.74) is 11.5. The van der Waals surface area contributed by atoms with E-state index in [9.17, 15) is 0 Å². The van der Waals surface area contributed by atoms with Gasteiger partial charge in [-0.3, -0.25) is 5.10 Å². The highest BCUT2D eigenvalue weighted by Crippen LogP contribution is 2.34. The average Bonchev–Trinajstić information content (AvgIpc) is 2.96. The predicted molar refractivity (Wildman–Crippen MR) is 71.4 cm³/mol. The van der Waals surface area contributed by atoms with Crippen LogP contribution < -0.4 is 5.73 Å². The molecule has 0 aliphatic heterocycles. The summed E-state index contributed by atoms with van der Waals surface area (Å²) in [6.45, 7) is 4.39. The number of aromatic nitrogens is 3. The predicted octanol–water partition coefficient (Wildman–Crippen LogP) is 2.47. The van der Waals surface area contributed by atoms with E-state index in [1.807, 2.05) is 12.4 Å². The molecule has 2 aromatic rings. The number of aromatic amines is 1. The quantitative estimate of drug-likeness (QED) is 0.852. The molecule has 0 aromatic carbocycles. The van der Waals surface area contributed by atoms with Crippen molar-refractivity contribution in [3.8, 4) is 0 Å². The maximum atomic E-state index is 6.22. The van der Waals surface area contributed by atoms with Gasteiger partial charge in [0.2, 0.25) is 0 Å². The van der Waals surface area contributed by atoms with Crippen LogP contribution in [0.3, 0.4) is 0 Å². The lowest BCUT2D eigenvalue weighted by molar-refractivity contribution is 0.522. The molecule has 96 valence electrons. The third-order valence-electron chi connectivity index (χ3n) is 4.09. The summed E-state index contributed by atoms with van der Waals surface area (Å²) in [5.74, 6) is 0. The summed E-state index contributed by atoms with van der Waals surface area (Å²) in [6.07, 6.45) is 7.31. The number of rotatable bonds is 2. The Hall–Kier alpha value is -1.55. The fourth-order valence-electron chi connectivity index (χ4n) is 3.14. The highest BCUT2D eigenvalue weighted by Gasteiger charge is 2.24. The molecule has 0 bridgehead atoms. The molecule has 2 unspecified atom stereocenters. The second-order valence-electron chi connectivity index (χ2n) is 5.26. The van der Waals surface area contributed by atoms with Gasteiger partial charge in [0.15, 0.2) is 0 Å². The summed E-state index contributed by atoms with van der Waals surface area (Å²) in [4.78, 5) is 0. The lowest BCUT2D eigenvalue weighted by Crippen LogP contribution is -2.19. The van der Waals surface area contributed by atoms with Gasteiger partial charge in [-0.2, -0.15) is 5.10 Å². The molecule has 2 aromatic heterocycles. The molecule has 0 fully saturated rings. The van der Waals surface area contributed by atoms with Gasteiger partial charge >= 0.3 is 0 Å². The number of hydrogen-bond donors (Lipinski definition) is 2. The van der Waals surface area contributed by atoms with Gasteiger partial charge < -0.3 is 10.3 Å². The molecule has 4 heteroatoms. The van der Waals surface area contributed by atoms with Crippen LogP contribution in [0.1, 0.15) is 54.4 Å². The Morgan fingerprint density at radius 2 is 2.39 bits per heavy atom. The van der Waals surface area contributed by atoms with Crippen molar-refractivity contribution in [1.29, 1.82) is 0 Å². The van der Waals surface area contributed by atoms with Crippen LogP contribution in [-0.4, -0.2) is 14.8 Å². The van der Waals surface area contributed by atoms with Gasteiger partial charge in [0, 0.05) is 29.2 Å². The Balaban J connectivity index is 2.07. The number of H-pyrrole nitrogens is 1. The first kappa shape index (κ1) is 11.5. The summed E-state index contributed by atoms with van der Waals surface area (Å²) in [6, 6.07) is 2.79. The zero-order valence-electron chi connectivity index (χ0n) is 11.0. The van der Waals surface area contributed by atoms with Crippen LogP contribution in [0.2, 0.25) is 0 Å². The average molecular weight is 244 g/mol. The molecule has 0 saturated heterocycles. The molecule has 18 heavy (non-hydrogen) atoms. The normalized spacial score (nSPS) is 20.7. The molecule has 3 rings (SSSR count). The van der Waals surface area contributed by atoms with Crippen molar-refractivity contribution in [2.45, 2.75) is 45.2 Å². The number of nitrogens with one attached hydrogen (secondary N) is 1. The monoisotopic (exact) mass is 244 g/mol. The Morgan fingerprint density at radius 3 is 3.11 bits per heavy atom. The molecule has 3 N–H and O–H groups in total. The molecule has 1 aliphatic carbocycles. The number of fused-ring (bicyclic) bond motifs is 1. The first-order valence-corrected chi connectivity index (χ1v) is 6.63. The van der Waals surface area contributed by atoms with Gasteiger partial charge in [-0.05, 0) is 44.7 Å². The zero-order chi connectivity index (χ0) is 12.7. The standard InChI is InChI=1S/C14H20N4/c1-9-6-12-13(15)4-3-5-14(12)18(9)10(2)11-7-16-17-8-11/h6-8,10,13H,3-5,15H2,1-2H3,(H,16,17). The van der Waals surface area contributed by atoms with E-state index >= 15 is 0 Å². The Morgan fingerprint density at radius 1 is 1.56 bits per heavy atom. The summed E-state index contributed by atoms with van der Waals surface area (Å²) in [7, 11) is 0. The minimum Gasteiger partial charge on any atom is -0.341 e. The lowest BCUT2D eigenvalue weighted by atomic mass is 9.93. The highest BCUT2D eigenvalue weighted by molar-refractivity contribution is 5.34.